The van der Waals surface area contributed by atoms with Crippen LogP contribution in [0.2, 0.25) is 0 Å². The summed E-state index contributed by atoms with van der Waals surface area (Å²) in [4.78, 5) is 11.7. The first kappa shape index (κ1) is 13.4. The highest BCUT2D eigenvalue weighted by Gasteiger charge is 2.22. The van der Waals surface area contributed by atoms with E-state index in [0.717, 1.165) is 18.2 Å². The molecule has 0 unspecified atom stereocenters. The average molecular weight is 242 g/mol. The van der Waals surface area contributed by atoms with Crippen molar-refractivity contribution in [2.75, 3.05) is 18.5 Å². The Morgan fingerprint density at radius 1 is 1.53 bits per heavy atom. The molecule has 0 atom stereocenters. The van der Waals surface area contributed by atoms with E-state index in [9.17, 15) is 19.6 Å². The highest BCUT2D eigenvalue weighted by Crippen LogP contribution is 2.28. The lowest BCUT2D eigenvalue weighted by molar-refractivity contribution is -0.384. The van der Waals surface area contributed by atoms with Gasteiger partial charge in [0.2, 0.25) is 0 Å². The van der Waals surface area contributed by atoms with Crippen LogP contribution in [0.1, 0.15) is 13.8 Å². The number of aliphatic hydroxyl groups is 1. The van der Waals surface area contributed by atoms with Gasteiger partial charge in [-0.3, -0.25) is 10.1 Å². The van der Waals surface area contributed by atoms with Crippen LogP contribution in [0, 0.1) is 15.9 Å². The summed E-state index contributed by atoms with van der Waals surface area (Å²) in [6, 6.07) is 3.25. The van der Waals surface area contributed by atoms with E-state index in [0.29, 0.717) is 0 Å². The van der Waals surface area contributed by atoms with Crippen LogP contribution in [0.4, 0.5) is 15.8 Å². The molecule has 0 fully saturated rings. The van der Waals surface area contributed by atoms with Crippen molar-refractivity contribution in [2.24, 2.45) is 0 Å². The summed E-state index contributed by atoms with van der Waals surface area (Å²) in [5.41, 5.74) is -1.05. The van der Waals surface area contributed by atoms with Gasteiger partial charge in [-0.1, -0.05) is 0 Å². The van der Waals surface area contributed by atoms with Crippen LogP contribution in [0.5, 0.6) is 0 Å². The van der Waals surface area contributed by atoms with Gasteiger partial charge in [-0.2, -0.15) is 0 Å². The number of nitrogens with zero attached hydrogens (tertiary/aromatic N) is 2. The van der Waals surface area contributed by atoms with E-state index in [1.807, 2.05) is 0 Å². The van der Waals surface area contributed by atoms with E-state index in [1.165, 1.54) is 4.90 Å². The Kier molecular flexibility index (Phi) is 3.67. The molecule has 0 amide bonds. The quantitative estimate of drug-likeness (QED) is 0.647. The van der Waals surface area contributed by atoms with Gasteiger partial charge < -0.3 is 10.0 Å². The lowest BCUT2D eigenvalue weighted by Gasteiger charge is -2.26. The Bertz CT molecular complexity index is 429. The fourth-order valence-corrected chi connectivity index (χ4v) is 1.62. The number of hydrogen-bond donors (Lipinski definition) is 1. The third-order valence-electron chi connectivity index (χ3n) is 2.17. The number of nitro groups is 1. The Morgan fingerprint density at radius 3 is 2.59 bits per heavy atom. The minimum atomic E-state index is -1.02. The maximum Gasteiger partial charge on any atom is 0.292 e. The number of halogens is 1. The van der Waals surface area contributed by atoms with Gasteiger partial charge in [0.25, 0.3) is 5.69 Å². The Morgan fingerprint density at radius 2 is 2.12 bits per heavy atom. The normalized spacial score (nSPS) is 11.4. The largest absolute Gasteiger partial charge is 0.389 e. The van der Waals surface area contributed by atoms with E-state index in [4.69, 9.17) is 0 Å². The molecule has 0 radical (unpaired) electrons. The van der Waals surface area contributed by atoms with Crippen LogP contribution in [-0.4, -0.2) is 29.2 Å². The first-order chi connectivity index (χ1) is 7.70. The molecule has 0 saturated carbocycles. The molecule has 1 rings (SSSR count). The lowest BCUT2D eigenvalue weighted by atomic mass is 10.1. The van der Waals surface area contributed by atoms with Gasteiger partial charge in [0.1, 0.15) is 11.5 Å². The molecule has 17 heavy (non-hydrogen) atoms. The minimum Gasteiger partial charge on any atom is -0.389 e. The predicted octanol–water partition coefficient (Wildman–Crippen LogP) is 1.94. The molecule has 6 heteroatoms. The van der Waals surface area contributed by atoms with Crippen LogP contribution in [-0.2, 0) is 0 Å². The van der Waals surface area contributed by atoms with Gasteiger partial charge in [0.15, 0.2) is 0 Å². The number of anilines is 1. The van der Waals surface area contributed by atoms with Crippen molar-refractivity contribution >= 4 is 11.4 Å². The average Bonchev–Trinajstić information content (AvgIpc) is 2.14. The van der Waals surface area contributed by atoms with E-state index in [2.05, 4.69) is 0 Å². The molecule has 1 aromatic carbocycles. The van der Waals surface area contributed by atoms with E-state index >= 15 is 0 Å². The predicted molar refractivity (Wildman–Crippen MR) is 62.6 cm³/mol. The molecule has 0 saturated heterocycles. The summed E-state index contributed by atoms with van der Waals surface area (Å²) in [7, 11) is 1.57. The van der Waals surface area contributed by atoms with Crippen LogP contribution in [0.3, 0.4) is 0 Å². The van der Waals surface area contributed by atoms with Crippen molar-refractivity contribution in [2.45, 2.75) is 19.4 Å². The molecular formula is C11H15FN2O3. The molecule has 5 nitrogen and oxygen atoms in total. The molecule has 0 heterocycles. The molecule has 0 aliphatic heterocycles. The second-order valence-corrected chi connectivity index (χ2v) is 4.56. The molecule has 94 valence electrons. The lowest BCUT2D eigenvalue weighted by Crippen LogP contribution is -2.36. The van der Waals surface area contributed by atoms with E-state index in [-0.39, 0.29) is 17.9 Å². The topological polar surface area (TPSA) is 66.6 Å². The smallest absolute Gasteiger partial charge is 0.292 e. The van der Waals surface area contributed by atoms with Crippen molar-refractivity contribution in [1.82, 2.24) is 0 Å². The first-order valence-electron chi connectivity index (χ1n) is 5.08. The number of nitro benzene ring substituents is 1. The third kappa shape index (κ3) is 3.67. The van der Waals surface area contributed by atoms with Crippen molar-refractivity contribution in [1.29, 1.82) is 0 Å². The molecule has 0 aliphatic carbocycles. The van der Waals surface area contributed by atoms with E-state index in [1.54, 1.807) is 20.9 Å². The molecule has 0 spiro atoms. The molecular weight excluding hydrogens is 227 g/mol. The fourth-order valence-electron chi connectivity index (χ4n) is 1.62. The molecule has 1 aromatic rings. The molecule has 0 aliphatic rings. The second-order valence-electron chi connectivity index (χ2n) is 4.56. The fraction of sp³-hybridized carbons (Fsp3) is 0.455. The van der Waals surface area contributed by atoms with Gasteiger partial charge in [-0.05, 0) is 19.9 Å². The number of hydrogen-bond acceptors (Lipinski definition) is 4. The SMILES string of the molecule is CN(CC(C)(C)O)c1cc(F)ccc1[N+](=O)[O-]. The molecule has 1 N–H and O–H groups in total. The van der Waals surface area contributed by atoms with Gasteiger partial charge >= 0.3 is 0 Å². The van der Waals surface area contributed by atoms with Crippen LogP contribution in [0.25, 0.3) is 0 Å². The van der Waals surface area contributed by atoms with Gasteiger partial charge in [0, 0.05) is 25.7 Å². The highest BCUT2D eigenvalue weighted by atomic mass is 19.1. The summed E-state index contributed by atoms with van der Waals surface area (Å²) in [6.07, 6.45) is 0. The van der Waals surface area contributed by atoms with E-state index < -0.39 is 16.3 Å². The number of benzene rings is 1. The molecule has 0 bridgehead atoms. The van der Waals surface area contributed by atoms with Gasteiger partial charge in [-0.25, -0.2) is 4.39 Å². The number of likely N-dealkylation sites (N-methyl/N-ethyl adjacent to an activating group) is 1. The summed E-state index contributed by atoms with van der Waals surface area (Å²) in [6.45, 7) is 3.32. The number of rotatable bonds is 4. The van der Waals surface area contributed by atoms with Crippen LogP contribution < -0.4 is 4.90 Å². The van der Waals surface area contributed by atoms with Gasteiger partial charge in [0.05, 0.1) is 10.5 Å². The Balaban J connectivity index is 3.10. The second kappa shape index (κ2) is 4.67. The maximum absolute atomic E-state index is 13.1. The summed E-state index contributed by atoms with van der Waals surface area (Å²) >= 11 is 0. The molecule has 0 aromatic heterocycles. The maximum atomic E-state index is 13.1. The zero-order chi connectivity index (χ0) is 13.2. The van der Waals surface area contributed by atoms with Crippen molar-refractivity contribution in [3.05, 3.63) is 34.1 Å². The van der Waals surface area contributed by atoms with Crippen molar-refractivity contribution in [3.63, 3.8) is 0 Å². The standard InChI is InChI=1S/C11H15FN2O3/c1-11(2,15)7-13(3)10-6-8(12)4-5-9(10)14(16)17/h4-6,15H,7H2,1-3H3. The minimum absolute atomic E-state index is 0.150. The Labute approximate surface area is 98.6 Å². The summed E-state index contributed by atoms with van der Waals surface area (Å²) < 4.78 is 13.1. The monoisotopic (exact) mass is 242 g/mol. The first-order valence-corrected chi connectivity index (χ1v) is 5.08. The van der Waals surface area contributed by atoms with Crippen molar-refractivity contribution in [3.8, 4) is 0 Å². The summed E-state index contributed by atoms with van der Waals surface area (Å²) in [5, 5.41) is 20.4. The Hall–Kier alpha value is -1.69. The van der Waals surface area contributed by atoms with Crippen LogP contribution >= 0.6 is 0 Å². The van der Waals surface area contributed by atoms with Gasteiger partial charge in [-0.15, -0.1) is 0 Å². The zero-order valence-electron chi connectivity index (χ0n) is 9.98. The van der Waals surface area contributed by atoms with Crippen molar-refractivity contribution < 1.29 is 14.4 Å². The zero-order valence-corrected chi connectivity index (χ0v) is 9.98. The summed E-state index contributed by atoms with van der Waals surface area (Å²) in [5.74, 6) is -0.548. The highest BCUT2D eigenvalue weighted by molar-refractivity contribution is 5.63. The van der Waals surface area contributed by atoms with Crippen LogP contribution in [0.15, 0.2) is 18.2 Å². The third-order valence-corrected chi connectivity index (χ3v) is 2.17.